The molecule has 1 saturated heterocycles. The summed E-state index contributed by atoms with van der Waals surface area (Å²) in [5, 5.41) is 0. The van der Waals surface area contributed by atoms with E-state index in [1.165, 1.54) is 0 Å². The molecule has 1 heterocycles. The molecule has 0 amide bonds. The van der Waals surface area contributed by atoms with E-state index in [0.29, 0.717) is 6.61 Å². The lowest BCUT2D eigenvalue weighted by Gasteiger charge is -2.45. The maximum absolute atomic E-state index is 12.1. The standard InChI is InChI=1S/C14H18O3/c1-9-7-11(15)10-5-4-6-13(2)8-17-14(9,16-3)12(10)13/h4,6-7,10,12H,5,8H2,1-3H3/t10-,12+,13+,14+/m0/s1. The summed E-state index contributed by atoms with van der Waals surface area (Å²) in [5.74, 6) is -0.335. The van der Waals surface area contributed by atoms with Crippen molar-refractivity contribution >= 4 is 5.78 Å². The molecule has 1 aliphatic heterocycles. The molecule has 2 aliphatic carbocycles. The molecule has 4 atom stereocenters. The minimum absolute atomic E-state index is 0.0103. The largest absolute Gasteiger partial charge is 0.349 e. The summed E-state index contributed by atoms with van der Waals surface area (Å²) in [5.41, 5.74) is 0.828. The van der Waals surface area contributed by atoms with E-state index in [2.05, 4.69) is 19.1 Å². The first-order valence-electron chi connectivity index (χ1n) is 6.13. The minimum atomic E-state index is -0.682. The maximum atomic E-state index is 12.1. The van der Waals surface area contributed by atoms with Crippen molar-refractivity contribution in [2.75, 3.05) is 13.7 Å². The number of hydrogen-bond donors (Lipinski definition) is 0. The Morgan fingerprint density at radius 3 is 3.00 bits per heavy atom. The monoisotopic (exact) mass is 234 g/mol. The molecule has 0 saturated carbocycles. The predicted octanol–water partition coefficient (Wildman–Crippen LogP) is 2.09. The number of allylic oxidation sites excluding steroid dienone is 2. The number of rotatable bonds is 1. The van der Waals surface area contributed by atoms with Crippen LogP contribution < -0.4 is 0 Å². The van der Waals surface area contributed by atoms with E-state index in [-0.39, 0.29) is 23.0 Å². The van der Waals surface area contributed by atoms with Crippen molar-refractivity contribution in [3.05, 3.63) is 23.8 Å². The summed E-state index contributed by atoms with van der Waals surface area (Å²) in [4.78, 5) is 12.1. The van der Waals surface area contributed by atoms with Crippen LogP contribution in [0.4, 0.5) is 0 Å². The minimum Gasteiger partial charge on any atom is -0.349 e. The van der Waals surface area contributed by atoms with Crippen molar-refractivity contribution in [1.82, 2.24) is 0 Å². The Hall–Kier alpha value is -0.930. The van der Waals surface area contributed by atoms with Crippen molar-refractivity contribution in [1.29, 1.82) is 0 Å². The fourth-order valence-electron chi connectivity index (χ4n) is 3.78. The molecule has 3 nitrogen and oxygen atoms in total. The van der Waals surface area contributed by atoms with Crippen molar-refractivity contribution in [2.24, 2.45) is 17.3 Å². The lowest BCUT2D eigenvalue weighted by atomic mass is 9.60. The number of methoxy groups -OCH3 is 1. The number of ketones is 1. The molecule has 0 radical (unpaired) electrons. The van der Waals surface area contributed by atoms with E-state index >= 15 is 0 Å². The topological polar surface area (TPSA) is 35.5 Å². The molecule has 0 spiro atoms. The quantitative estimate of drug-likeness (QED) is 0.652. The van der Waals surface area contributed by atoms with Crippen LogP contribution in [0.5, 0.6) is 0 Å². The molecule has 0 aromatic carbocycles. The van der Waals surface area contributed by atoms with Gasteiger partial charge in [-0.2, -0.15) is 0 Å². The van der Waals surface area contributed by atoms with Crippen LogP contribution >= 0.6 is 0 Å². The lowest BCUT2D eigenvalue weighted by molar-refractivity contribution is -0.201. The van der Waals surface area contributed by atoms with Gasteiger partial charge in [-0.05, 0) is 25.0 Å². The average molecular weight is 234 g/mol. The van der Waals surface area contributed by atoms with Gasteiger partial charge in [-0.15, -0.1) is 0 Å². The maximum Gasteiger partial charge on any atom is 0.195 e. The van der Waals surface area contributed by atoms with Crippen LogP contribution in [0.15, 0.2) is 23.8 Å². The van der Waals surface area contributed by atoms with Crippen LogP contribution in [0, 0.1) is 17.3 Å². The first-order valence-corrected chi connectivity index (χ1v) is 6.13. The molecule has 0 unspecified atom stereocenters. The molecule has 92 valence electrons. The summed E-state index contributed by atoms with van der Waals surface area (Å²) in [6.45, 7) is 4.71. The molecule has 1 fully saturated rings. The second-order valence-electron chi connectivity index (χ2n) is 5.62. The summed E-state index contributed by atoms with van der Waals surface area (Å²) in [7, 11) is 1.67. The molecule has 0 bridgehead atoms. The third-order valence-electron chi connectivity index (χ3n) is 4.59. The highest BCUT2D eigenvalue weighted by molar-refractivity contribution is 5.94. The molecule has 3 heteroatoms. The van der Waals surface area contributed by atoms with Crippen molar-refractivity contribution < 1.29 is 14.3 Å². The third-order valence-corrected chi connectivity index (χ3v) is 4.59. The molecule has 0 N–H and O–H groups in total. The zero-order chi connectivity index (χ0) is 12.3. The number of ether oxygens (including phenoxy) is 2. The van der Waals surface area contributed by atoms with Gasteiger partial charge in [-0.3, -0.25) is 4.79 Å². The summed E-state index contributed by atoms with van der Waals surface area (Å²) < 4.78 is 11.7. The highest BCUT2D eigenvalue weighted by Gasteiger charge is 2.63. The van der Waals surface area contributed by atoms with E-state index in [4.69, 9.17) is 9.47 Å². The fraction of sp³-hybridized carbons (Fsp3) is 0.643. The molecular weight excluding hydrogens is 216 g/mol. The van der Waals surface area contributed by atoms with Crippen LogP contribution in [0.3, 0.4) is 0 Å². The second-order valence-corrected chi connectivity index (χ2v) is 5.62. The second kappa shape index (κ2) is 3.30. The molecule has 3 rings (SSSR count). The van der Waals surface area contributed by atoms with Crippen molar-refractivity contribution in [3.8, 4) is 0 Å². The van der Waals surface area contributed by atoms with Crippen molar-refractivity contribution in [3.63, 3.8) is 0 Å². The fourth-order valence-corrected chi connectivity index (χ4v) is 3.78. The van der Waals surface area contributed by atoms with Gasteiger partial charge in [-0.1, -0.05) is 19.1 Å². The van der Waals surface area contributed by atoms with Gasteiger partial charge in [0, 0.05) is 24.4 Å². The molecule has 17 heavy (non-hydrogen) atoms. The number of hydrogen-bond acceptors (Lipinski definition) is 3. The first-order chi connectivity index (χ1) is 8.03. The molecule has 0 aromatic heterocycles. The predicted molar refractivity (Wildman–Crippen MR) is 63.3 cm³/mol. The number of carbonyl (C=O) groups excluding carboxylic acids is 1. The number of carbonyl (C=O) groups is 1. The Balaban J connectivity index is 2.19. The van der Waals surface area contributed by atoms with Gasteiger partial charge >= 0.3 is 0 Å². The third kappa shape index (κ3) is 1.21. The van der Waals surface area contributed by atoms with Gasteiger partial charge < -0.3 is 9.47 Å². The zero-order valence-corrected chi connectivity index (χ0v) is 10.5. The zero-order valence-electron chi connectivity index (χ0n) is 10.5. The van der Waals surface area contributed by atoms with Gasteiger partial charge in [-0.25, -0.2) is 0 Å². The van der Waals surface area contributed by atoms with Gasteiger partial charge in [0.2, 0.25) is 0 Å². The SMILES string of the molecule is CO[C@@]12OC[C@@]3(C)C=CC[C@@H](C(=O)C=C1C)[C@@H]23. The molecular formula is C14H18O3. The van der Waals surface area contributed by atoms with E-state index in [1.807, 2.05) is 6.92 Å². The highest BCUT2D eigenvalue weighted by atomic mass is 16.7. The smallest absolute Gasteiger partial charge is 0.195 e. The van der Waals surface area contributed by atoms with Gasteiger partial charge in [0.25, 0.3) is 0 Å². The molecule has 3 aliphatic rings. The summed E-state index contributed by atoms with van der Waals surface area (Å²) >= 11 is 0. The van der Waals surface area contributed by atoms with E-state index in [1.54, 1.807) is 13.2 Å². The Labute approximate surface area is 101 Å². The Kier molecular flexibility index (Phi) is 2.17. The molecule has 0 aromatic rings. The Morgan fingerprint density at radius 2 is 2.29 bits per heavy atom. The van der Waals surface area contributed by atoms with E-state index in [9.17, 15) is 4.79 Å². The van der Waals surface area contributed by atoms with Gasteiger partial charge in [0.15, 0.2) is 11.6 Å². The average Bonchev–Trinajstić information content (AvgIpc) is 2.62. The van der Waals surface area contributed by atoms with Crippen LogP contribution in [-0.2, 0) is 14.3 Å². The van der Waals surface area contributed by atoms with Crippen LogP contribution in [0.25, 0.3) is 0 Å². The van der Waals surface area contributed by atoms with Gasteiger partial charge in [0.1, 0.15) is 0 Å². The van der Waals surface area contributed by atoms with E-state index < -0.39 is 5.79 Å². The highest BCUT2D eigenvalue weighted by Crippen LogP contribution is 2.57. The van der Waals surface area contributed by atoms with Gasteiger partial charge in [0.05, 0.1) is 6.61 Å². The first kappa shape index (κ1) is 11.2. The van der Waals surface area contributed by atoms with Crippen LogP contribution in [0.2, 0.25) is 0 Å². The summed E-state index contributed by atoms with van der Waals surface area (Å²) in [6.07, 6.45) is 6.82. The Bertz CT molecular complexity index is 437. The van der Waals surface area contributed by atoms with Crippen LogP contribution in [-0.4, -0.2) is 25.3 Å². The summed E-state index contributed by atoms with van der Waals surface area (Å²) in [6, 6.07) is 0. The van der Waals surface area contributed by atoms with Crippen LogP contribution in [0.1, 0.15) is 20.3 Å². The van der Waals surface area contributed by atoms with E-state index in [0.717, 1.165) is 12.0 Å². The van der Waals surface area contributed by atoms with Crippen molar-refractivity contribution in [2.45, 2.75) is 26.1 Å². The normalized spacial score (nSPS) is 47.9. The Morgan fingerprint density at radius 1 is 1.53 bits per heavy atom. The lowest BCUT2D eigenvalue weighted by Crippen LogP contribution is -2.52.